The molecule has 0 amide bonds. The van der Waals surface area contributed by atoms with Crippen LogP contribution in [0, 0.1) is 0 Å². The van der Waals surface area contributed by atoms with E-state index in [1.807, 2.05) is 6.20 Å². The van der Waals surface area contributed by atoms with Gasteiger partial charge < -0.3 is 15.1 Å². The molecule has 0 radical (unpaired) electrons. The Morgan fingerprint density at radius 3 is 2.24 bits per heavy atom. The monoisotopic (exact) mass is 341 g/mol. The van der Waals surface area contributed by atoms with Crippen molar-refractivity contribution in [3.05, 3.63) is 6.20 Å². The molecule has 0 spiro atoms. The lowest BCUT2D eigenvalue weighted by Crippen LogP contribution is -2.22. The van der Waals surface area contributed by atoms with E-state index < -0.39 is 0 Å². The lowest BCUT2D eigenvalue weighted by Gasteiger charge is -2.19. The summed E-state index contributed by atoms with van der Waals surface area (Å²) in [5, 5.41) is 4.39. The largest absolute Gasteiger partial charge is 0.369 e. The highest BCUT2D eigenvalue weighted by atomic mass is 15.3. The van der Waals surface area contributed by atoms with Gasteiger partial charge in [-0.25, -0.2) is 4.98 Å². The van der Waals surface area contributed by atoms with Crippen molar-refractivity contribution < 1.29 is 0 Å². The molecule has 0 unspecified atom stereocenters. The second-order valence-corrected chi connectivity index (χ2v) is 6.95. The van der Waals surface area contributed by atoms with Crippen molar-refractivity contribution in [3.8, 4) is 0 Å². The third-order valence-corrected chi connectivity index (χ3v) is 5.03. The molecule has 1 N–H and O–H groups in total. The standard InChI is InChI=1S/C18H27N7/c1-2-3-8-19-15-14-13-20-17(24-9-4-5-10-24)22-16(14)23-18(21-15)25-11-6-7-12-25/h13H,2-12H2,1H3,(H,19,20,21,22,23). The molecule has 0 bridgehead atoms. The van der Waals surface area contributed by atoms with Crippen molar-refractivity contribution in [1.29, 1.82) is 0 Å². The number of hydrogen-bond donors (Lipinski definition) is 1. The minimum absolute atomic E-state index is 0.757. The minimum atomic E-state index is 0.757. The Kier molecular flexibility index (Phi) is 4.81. The van der Waals surface area contributed by atoms with Gasteiger partial charge in [0.05, 0.1) is 5.39 Å². The van der Waals surface area contributed by atoms with Gasteiger partial charge in [0.1, 0.15) is 5.82 Å². The van der Waals surface area contributed by atoms with Gasteiger partial charge in [0.15, 0.2) is 5.65 Å². The van der Waals surface area contributed by atoms with Crippen LogP contribution in [0.2, 0.25) is 0 Å². The molecule has 134 valence electrons. The van der Waals surface area contributed by atoms with Gasteiger partial charge in [-0.05, 0) is 32.1 Å². The molecular weight excluding hydrogens is 314 g/mol. The molecule has 2 aromatic rings. The molecule has 4 heterocycles. The lowest BCUT2D eigenvalue weighted by atomic mass is 10.3. The van der Waals surface area contributed by atoms with E-state index in [0.29, 0.717) is 0 Å². The maximum Gasteiger partial charge on any atom is 0.229 e. The molecule has 2 aliphatic rings. The molecule has 0 atom stereocenters. The van der Waals surface area contributed by atoms with E-state index in [4.69, 9.17) is 15.0 Å². The minimum Gasteiger partial charge on any atom is -0.369 e. The quantitative estimate of drug-likeness (QED) is 0.810. The number of nitrogens with zero attached hydrogens (tertiary/aromatic N) is 6. The molecule has 2 saturated heterocycles. The summed E-state index contributed by atoms with van der Waals surface area (Å²) in [6.07, 6.45) is 9.02. The average molecular weight is 341 g/mol. The zero-order chi connectivity index (χ0) is 17.1. The third-order valence-electron chi connectivity index (χ3n) is 5.03. The Morgan fingerprint density at radius 2 is 1.56 bits per heavy atom. The van der Waals surface area contributed by atoms with Gasteiger partial charge in [0.2, 0.25) is 11.9 Å². The number of aromatic nitrogens is 4. The Balaban J connectivity index is 1.71. The predicted molar refractivity (Wildman–Crippen MR) is 101 cm³/mol. The molecule has 25 heavy (non-hydrogen) atoms. The van der Waals surface area contributed by atoms with Crippen molar-refractivity contribution in [2.45, 2.75) is 45.4 Å². The molecule has 0 aliphatic carbocycles. The van der Waals surface area contributed by atoms with Gasteiger partial charge >= 0.3 is 0 Å². The topological polar surface area (TPSA) is 70.1 Å². The van der Waals surface area contributed by atoms with Gasteiger partial charge in [-0.15, -0.1) is 0 Å². The first-order valence-corrected chi connectivity index (χ1v) is 9.63. The Morgan fingerprint density at radius 1 is 0.920 bits per heavy atom. The molecule has 2 aliphatic heterocycles. The van der Waals surface area contributed by atoms with Crippen molar-refractivity contribution in [2.24, 2.45) is 0 Å². The summed E-state index contributed by atoms with van der Waals surface area (Å²) in [7, 11) is 0. The first kappa shape index (κ1) is 16.3. The molecule has 2 aromatic heterocycles. The van der Waals surface area contributed by atoms with Gasteiger partial charge in [-0.2, -0.15) is 15.0 Å². The summed E-state index contributed by atoms with van der Waals surface area (Å²) in [5.41, 5.74) is 0.757. The predicted octanol–water partition coefficient (Wildman–Crippen LogP) is 2.83. The third kappa shape index (κ3) is 3.45. The normalized spacial score (nSPS) is 17.6. The summed E-state index contributed by atoms with van der Waals surface area (Å²) in [6, 6.07) is 0. The lowest BCUT2D eigenvalue weighted by molar-refractivity contribution is 0.828. The first-order valence-electron chi connectivity index (χ1n) is 9.63. The summed E-state index contributed by atoms with van der Waals surface area (Å²) in [6.45, 7) is 7.25. The second-order valence-electron chi connectivity index (χ2n) is 6.95. The van der Waals surface area contributed by atoms with Crippen LogP contribution in [0.25, 0.3) is 11.0 Å². The molecule has 0 saturated carbocycles. The van der Waals surface area contributed by atoms with E-state index in [0.717, 1.165) is 74.3 Å². The van der Waals surface area contributed by atoms with Gasteiger partial charge in [-0.1, -0.05) is 13.3 Å². The Bertz CT molecular complexity index is 715. The highest BCUT2D eigenvalue weighted by Gasteiger charge is 2.20. The maximum absolute atomic E-state index is 4.79. The fourth-order valence-electron chi connectivity index (χ4n) is 3.54. The zero-order valence-corrected chi connectivity index (χ0v) is 15.0. The highest BCUT2D eigenvalue weighted by Crippen LogP contribution is 2.26. The van der Waals surface area contributed by atoms with E-state index in [9.17, 15) is 0 Å². The van der Waals surface area contributed by atoms with Crippen LogP contribution in [0.3, 0.4) is 0 Å². The number of rotatable bonds is 6. The summed E-state index contributed by atoms with van der Waals surface area (Å²) < 4.78 is 0. The fraction of sp³-hybridized carbons (Fsp3) is 0.667. The second kappa shape index (κ2) is 7.37. The zero-order valence-electron chi connectivity index (χ0n) is 15.0. The van der Waals surface area contributed by atoms with E-state index >= 15 is 0 Å². The molecule has 4 rings (SSSR count). The van der Waals surface area contributed by atoms with Crippen LogP contribution in [0.1, 0.15) is 45.4 Å². The highest BCUT2D eigenvalue weighted by molar-refractivity contribution is 5.87. The number of hydrogen-bond acceptors (Lipinski definition) is 7. The van der Waals surface area contributed by atoms with Crippen LogP contribution < -0.4 is 15.1 Å². The number of nitrogens with one attached hydrogen (secondary N) is 1. The van der Waals surface area contributed by atoms with Gasteiger partial charge in [0.25, 0.3) is 0 Å². The number of unbranched alkanes of at least 4 members (excludes halogenated alkanes) is 1. The molecule has 2 fully saturated rings. The fourth-order valence-corrected chi connectivity index (χ4v) is 3.54. The SMILES string of the molecule is CCCCNc1nc(N2CCCC2)nc2nc(N3CCCC3)ncc12. The first-order chi connectivity index (χ1) is 12.3. The van der Waals surface area contributed by atoms with Crippen LogP contribution in [0.15, 0.2) is 6.20 Å². The Labute approximate surface area is 148 Å². The molecular formula is C18H27N7. The molecule has 7 nitrogen and oxygen atoms in total. The van der Waals surface area contributed by atoms with Crippen LogP contribution in [0.5, 0.6) is 0 Å². The summed E-state index contributed by atoms with van der Waals surface area (Å²) >= 11 is 0. The van der Waals surface area contributed by atoms with E-state index in [-0.39, 0.29) is 0 Å². The summed E-state index contributed by atoms with van der Waals surface area (Å²) in [4.78, 5) is 23.4. The number of fused-ring (bicyclic) bond motifs is 1. The van der Waals surface area contributed by atoms with E-state index in [1.54, 1.807) is 0 Å². The van der Waals surface area contributed by atoms with Crippen molar-refractivity contribution in [2.75, 3.05) is 47.8 Å². The molecule has 7 heteroatoms. The van der Waals surface area contributed by atoms with E-state index in [2.05, 4.69) is 27.0 Å². The van der Waals surface area contributed by atoms with E-state index in [1.165, 1.54) is 25.7 Å². The van der Waals surface area contributed by atoms with Crippen molar-refractivity contribution in [1.82, 2.24) is 19.9 Å². The van der Waals surface area contributed by atoms with Crippen LogP contribution in [-0.2, 0) is 0 Å². The Hall–Kier alpha value is -2.18. The smallest absolute Gasteiger partial charge is 0.229 e. The maximum atomic E-state index is 4.79. The van der Waals surface area contributed by atoms with Crippen molar-refractivity contribution in [3.63, 3.8) is 0 Å². The molecule has 0 aromatic carbocycles. The number of anilines is 3. The van der Waals surface area contributed by atoms with Crippen LogP contribution >= 0.6 is 0 Å². The average Bonchev–Trinajstić information content (AvgIpc) is 3.35. The van der Waals surface area contributed by atoms with Crippen molar-refractivity contribution >= 4 is 28.7 Å². The summed E-state index contributed by atoms with van der Waals surface area (Å²) in [5.74, 6) is 2.47. The van der Waals surface area contributed by atoms with Gasteiger partial charge in [0, 0.05) is 38.9 Å². The van der Waals surface area contributed by atoms with Crippen LogP contribution in [0.4, 0.5) is 17.7 Å². The van der Waals surface area contributed by atoms with Crippen LogP contribution in [-0.4, -0.2) is 52.7 Å². The van der Waals surface area contributed by atoms with Gasteiger partial charge in [-0.3, -0.25) is 0 Å².